The molecule has 2 atom stereocenters. The number of carbonyl (C=O) groups is 1. The molecule has 1 fully saturated rings. The van der Waals surface area contributed by atoms with E-state index in [0.29, 0.717) is 37.7 Å². The number of aromatic nitrogens is 1. The largest absolute Gasteiger partial charge is 0.433 e. The first kappa shape index (κ1) is 26.7. The number of fused-ring (bicyclic) bond motifs is 1. The topological polar surface area (TPSA) is 112 Å². The first-order valence-corrected chi connectivity index (χ1v) is 13.0. The van der Waals surface area contributed by atoms with Crippen molar-refractivity contribution in [2.45, 2.75) is 25.1 Å². The number of nitrogens with zero attached hydrogens (tertiary/aromatic N) is 4. The summed E-state index contributed by atoms with van der Waals surface area (Å²) in [4.78, 5) is 23.9. The van der Waals surface area contributed by atoms with Crippen molar-refractivity contribution in [1.29, 1.82) is 0 Å². The number of halogens is 3. The number of ether oxygens (including phenoxy) is 2. The van der Waals surface area contributed by atoms with E-state index in [0.717, 1.165) is 23.4 Å². The van der Waals surface area contributed by atoms with Gasteiger partial charge in [-0.3, -0.25) is 15.2 Å². The second-order valence-corrected chi connectivity index (χ2v) is 9.78. The summed E-state index contributed by atoms with van der Waals surface area (Å²) in [6, 6.07) is 17.9. The van der Waals surface area contributed by atoms with Gasteiger partial charge in [0.05, 0.1) is 35.9 Å². The fraction of sp³-hybridized carbons (Fsp3) is 0.286. The number of alkyl halides is 3. The number of hydrogen-bond acceptors (Lipinski definition) is 9. The SMILES string of the molecule is CC1(NC2N=C(c3ccccc3)c3ccccc3NC2=O)NN=C(c2ncc(C(F)(F)F)cc2N2CCOCC2)O1. The first-order valence-electron chi connectivity index (χ1n) is 13.0. The van der Waals surface area contributed by atoms with Gasteiger partial charge < -0.3 is 19.7 Å². The maximum Gasteiger partial charge on any atom is 0.417 e. The Balaban J connectivity index is 1.29. The molecule has 3 aromatic rings. The number of benzodiazepines with no additional fused rings is 1. The number of carbonyl (C=O) groups excluding carboxylic acids is 1. The highest BCUT2D eigenvalue weighted by molar-refractivity contribution is 6.19. The predicted octanol–water partition coefficient (Wildman–Crippen LogP) is 3.30. The molecule has 10 nitrogen and oxygen atoms in total. The molecular weight excluding hydrogens is 539 g/mol. The van der Waals surface area contributed by atoms with Crippen molar-refractivity contribution in [1.82, 2.24) is 15.7 Å². The van der Waals surface area contributed by atoms with Crippen LogP contribution in [0.5, 0.6) is 0 Å². The van der Waals surface area contributed by atoms with Gasteiger partial charge in [0, 0.05) is 37.3 Å². The molecule has 2 aromatic carbocycles. The molecule has 3 aliphatic heterocycles. The Kier molecular flexibility index (Phi) is 6.83. The minimum absolute atomic E-state index is 0.0280. The summed E-state index contributed by atoms with van der Waals surface area (Å²) in [6.45, 7) is 3.09. The summed E-state index contributed by atoms with van der Waals surface area (Å²) < 4.78 is 52.0. The molecule has 41 heavy (non-hydrogen) atoms. The molecule has 0 spiro atoms. The van der Waals surface area contributed by atoms with E-state index in [-0.39, 0.29) is 17.3 Å². The fourth-order valence-electron chi connectivity index (χ4n) is 4.82. The average Bonchev–Trinajstić information content (AvgIpc) is 3.30. The number of anilines is 2. The van der Waals surface area contributed by atoms with Gasteiger partial charge in [-0.1, -0.05) is 48.5 Å². The van der Waals surface area contributed by atoms with Gasteiger partial charge in [-0.05, 0) is 12.1 Å². The second-order valence-electron chi connectivity index (χ2n) is 9.78. The van der Waals surface area contributed by atoms with Crippen LogP contribution in [0.4, 0.5) is 24.5 Å². The Morgan fingerprint density at radius 3 is 2.56 bits per heavy atom. The molecule has 1 saturated heterocycles. The standard InChI is InChI=1S/C28H26F3N7O3/c1-27(35-24-25(39)33-20-10-6-5-9-19(20)22(34-24)17-7-3-2-4-8-17)37-36-26(41-27)23-21(38-11-13-40-14-12-38)15-18(16-32-23)28(29,30)31/h2-10,15-16,24,35,37H,11-14H2,1H3,(H,33,39). The molecule has 13 heteroatoms. The van der Waals surface area contributed by atoms with Crippen molar-refractivity contribution in [3.63, 3.8) is 0 Å². The van der Waals surface area contributed by atoms with Crippen LogP contribution >= 0.6 is 0 Å². The van der Waals surface area contributed by atoms with Gasteiger partial charge in [0.25, 0.3) is 17.7 Å². The van der Waals surface area contributed by atoms with Crippen molar-refractivity contribution in [2.24, 2.45) is 10.1 Å². The molecule has 3 N–H and O–H groups in total. The summed E-state index contributed by atoms with van der Waals surface area (Å²) >= 11 is 0. The molecule has 0 radical (unpaired) electrons. The average molecular weight is 566 g/mol. The number of hydrazone groups is 1. The number of nitrogens with one attached hydrogen (secondary N) is 3. The molecule has 0 aliphatic carbocycles. The Bertz CT molecular complexity index is 1520. The van der Waals surface area contributed by atoms with Crippen molar-refractivity contribution >= 4 is 28.9 Å². The molecular formula is C28H26F3N7O3. The molecule has 1 aromatic heterocycles. The second kappa shape index (κ2) is 10.5. The Hall–Kier alpha value is -4.49. The highest BCUT2D eigenvalue weighted by Gasteiger charge is 2.41. The first-order chi connectivity index (χ1) is 19.7. The maximum atomic E-state index is 13.5. The molecule has 1 amide bonds. The lowest BCUT2D eigenvalue weighted by Crippen LogP contribution is -2.58. The van der Waals surface area contributed by atoms with E-state index < -0.39 is 29.7 Å². The lowest BCUT2D eigenvalue weighted by atomic mass is 10.0. The number of aliphatic imine (C=N–C) groups is 1. The molecule has 3 aliphatic rings. The van der Waals surface area contributed by atoms with E-state index in [1.807, 2.05) is 48.5 Å². The molecule has 2 unspecified atom stereocenters. The van der Waals surface area contributed by atoms with Crippen LogP contribution in [-0.4, -0.2) is 60.8 Å². The minimum atomic E-state index is -4.57. The van der Waals surface area contributed by atoms with E-state index in [1.165, 1.54) is 0 Å². The van der Waals surface area contributed by atoms with Gasteiger partial charge in [0.15, 0.2) is 6.17 Å². The maximum absolute atomic E-state index is 13.5. The Morgan fingerprint density at radius 1 is 1.07 bits per heavy atom. The lowest BCUT2D eigenvalue weighted by Gasteiger charge is -2.31. The van der Waals surface area contributed by atoms with Gasteiger partial charge in [0.1, 0.15) is 5.69 Å². The summed E-state index contributed by atoms with van der Waals surface area (Å²) in [5.41, 5.74) is 5.06. The van der Waals surface area contributed by atoms with Crippen LogP contribution in [0.3, 0.4) is 0 Å². The summed E-state index contributed by atoms with van der Waals surface area (Å²) in [5, 5.41) is 10.2. The van der Waals surface area contributed by atoms with Gasteiger partial charge in [-0.15, -0.1) is 5.10 Å². The van der Waals surface area contributed by atoms with Crippen LogP contribution in [0.25, 0.3) is 0 Å². The fourth-order valence-corrected chi connectivity index (χ4v) is 4.82. The number of benzene rings is 2. The summed E-state index contributed by atoms with van der Waals surface area (Å²) in [5.74, 6) is -1.89. The van der Waals surface area contributed by atoms with Crippen molar-refractivity contribution in [2.75, 3.05) is 36.5 Å². The van der Waals surface area contributed by atoms with E-state index in [2.05, 4.69) is 26.1 Å². The predicted molar refractivity (Wildman–Crippen MR) is 146 cm³/mol. The normalized spacial score (nSPS) is 22.5. The Morgan fingerprint density at radius 2 is 1.80 bits per heavy atom. The number of para-hydroxylation sites is 1. The molecule has 4 heterocycles. The van der Waals surface area contributed by atoms with Crippen LogP contribution in [0, 0.1) is 0 Å². The van der Waals surface area contributed by atoms with E-state index in [1.54, 1.807) is 17.9 Å². The molecule has 0 saturated carbocycles. The van der Waals surface area contributed by atoms with Crippen LogP contribution in [0.1, 0.15) is 29.3 Å². The molecule has 0 bridgehead atoms. The van der Waals surface area contributed by atoms with E-state index in [9.17, 15) is 18.0 Å². The third kappa shape index (κ3) is 5.45. The number of pyridine rings is 1. The number of amides is 1. The van der Waals surface area contributed by atoms with E-state index in [4.69, 9.17) is 14.5 Å². The van der Waals surface area contributed by atoms with Crippen molar-refractivity contribution < 1.29 is 27.4 Å². The van der Waals surface area contributed by atoms with Crippen molar-refractivity contribution in [3.05, 3.63) is 89.2 Å². The minimum Gasteiger partial charge on any atom is -0.433 e. The van der Waals surface area contributed by atoms with Gasteiger partial charge >= 0.3 is 6.18 Å². The van der Waals surface area contributed by atoms with Crippen LogP contribution in [0.2, 0.25) is 0 Å². The zero-order chi connectivity index (χ0) is 28.6. The lowest BCUT2D eigenvalue weighted by molar-refractivity contribution is -0.137. The Labute approximate surface area is 233 Å². The molecule has 6 rings (SSSR count). The van der Waals surface area contributed by atoms with Gasteiger partial charge in [0.2, 0.25) is 0 Å². The molecule has 212 valence electrons. The number of rotatable bonds is 5. The summed E-state index contributed by atoms with van der Waals surface area (Å²) in [7, 11) is 0. The highest BCUT2D eigenvalue weighted by Crippen LogP contribution is 2.34. The number of morpholine rings is 1. The zero-order valence-corrected chi connectivity index (χ0v) is 21.9. The third-order valence-corrected chi connectivity index (χ3v) is 6.83. The van der Waals surface area contributed by atoms with Crippen LogP contribution in [-0.2, 0) is 20.4 Å². The quantitative estimate of drug-likeness (QED) is 0.435. The summed E-state index contributed by atoms with van der Waals surface area (Å²) in [6.07, 6.45) is -4.93. The van der Waals surface area contributed by atoms with Gasteiger partial charge in [-0.2, -0.15) is 13.2 Å². The monoisotopic (exact) mass is 565 g/mol. The van der Waals surface area contributed by atoms with Gasteiger partial charge in [-0.25, -0.2) is 10.3 Å². The van der Waals surface area contributed by atoms with E-state index >= 15 is 0 Å². The third-order valence-electron chi connectivity index (χ3n) is 6.83. The van der Waals surface area contributed by atoms with Crippen LogP contribution in [0.15, 0.2) is 77.0 Å². The highest BCUT2D eigenvalue weighted by atomic mass is 19.4. The zero-order valence-electron chi connectivity index (χ0n) is 21.9. The smallest absolute Gasteiger partial charge is 0.417 e. The number of hydrogen-bond donors (Lipinski definition) is 3. The van der Waals surface area contributed by atoms with Crippen LogP contribution < -0.4 is 21.0 Å². The van der Waals surface area contributed by atoms with Crippen molar-refractivity contribution in [3.8, 4) is 0 Å².